The number of hydrazone groups is 1. The van der Waals surface area contributed by atoms with Gasteiger partial charge in [0.2, 0.25) is 5.71 Å². The van der Waals surface area contributed by atoms with E-state index in [1.165, 1.54) is 18.2 Å². The molecule has 3 N–H and O–H groups in total. The third-order valence-corrected chi connectivity index (χ3v) is 1.73. The van der Waals surface area contributed by atoms with E-state index in [-0.39, 0.29) is 11.2 Å². The standard InChI is InChI=1S/C9H6BFN4O2/c11-7-1-6(10(16)17)2-8(3-7)14-15-9(4-12)5-13/h1-3,14,16-17H. The summed E-state index contributed by atoms with van der Waals surface area (Å²) in [5, 5.41) is 37.9. The maximum atomic E-state index is 13.0. The van der Waals surface area contributed by atoms with Gasteiger partial charge in [-0.1, -0.05) is 0 Å². The van der Waals surface area contributed by atoms with Crippen LogP contribution in [0.4, 0.5) is 10.1 Å². The molecule has 0 heterocycles. The molecule has 1 aromatic rings. The third-order valence-electron chi connectivity index (χ3n) is 1.73. The number of hydrogen-bond acceptors (Lipinski definition) is 6. The highest BCUT2D eigenvalue weighted by molar-refractivity contribution is 6.58. The minimum Gasteiger partial charge on any atom is -0.423 e. The maximum absolute atomic E-state index is 13.0. The third kappa shape index (κ3) is 3.57. The van der Waals surface area contributed by atoms with E-state index in [1.54, 1.807) is 0 Å². The average molecular weight is 232 g/mol. The van der Waals surface area contributed by atoms with Crippen LogP contribution in [0.15, 0.2) is 23.3 Å². The average Bonchev–Trinajstić information content (AvgIpc) is 2.29. The second-order valence-corrected chi connectivity index (χ2v) is 2.94. The highest BCUT2D eigenvalue weighted by Crippen LogP contribution is 2.08. The molecule has 17 heavy (non-hydrogen) atoms. The van der Waals surface area contributed by atoms with Gasteiger partial charge in [0.05, 0.1) is 5.69 Å². The van der Waals surface area contributed by atoms with Crippen LogP contribution in [0.5, 0.6) is 0 Å². The molecule has 0 unspecified atom stereocenters. The first-order valence-corrected chi connectivity index (χ1v) is 4.37. The summed E-state index contributed by atoms with van der Waals surface area (Å²) in [6.07, 6.45) is 0. The first-order valence-electron chi connectivity index (χ1n) is 4.37. The number of nitrogens with zero attached hydrogens (tertiary/aromatic N) is 3. The smallest absolute Gasteiger partial charge is 0.423 e. The minimum atomic E-state index is -1.82. The Morgan fingerprint density at radius 3 is 2.47 bits per heavy atom. The number of nitrogens with one attached hydrogen (secondary N) is 1. The topological polar surface area (TPSA) is 112 Å². The molecular weight excluding hydrogens is 226 g/mol. The summed E-state index contributed by atoms with van der Waals surface area (Å²) >= 11 is 0. The molecule has 1 aromatic carbocycles. The van der Waals surface area contributed by atoms with Crippen LogP contribution in [0.2, 0.25) is 0 Å². The molecule has 0 aromatic heterocycles. The molecule has 0 aliphatic heterocycles. The molecule has 8 heteroatoms. The van der Waals surface area contributed by atoms with Gasteiger partial charge in [-0.05, 0) is 23.7 Å². The normalized spacial score (nSPS) is 8.76. The van der Waals surface area contributed by atoms with E-state index in [0.29, 0.717) is 0 Å². The fourth-order valence-corrected chi connectivity index (χ4v) is 1.02. The number of anilines is 1. The number of rotatable bonds is 3. The van der Waals surface area contributed by atoms with Gasteiger partial charge in [-0.2, -0.15) is 15.6 Å². The predicted octanol–water partition coefficient (Wildman–Crippen LogP) is -0.679. The molecule has 0 spiro atoms. The van der Waals surface area contributed by atoms with Crippen LogP contribution in [0.1, 0.15) is 0 Å². The molecule has 0 fully saturated rings. The van der Waals surface area contributed by atoms with E-state index in [1.807, 2.05) is 0 Å². The second-order valence-electron chi connectivity index (χ2n) is 2.94. The van der Waals surface area contributed by atoms with Gasteiger partial charge in [0.1, 0.15) is 18.0 Å². The Morgan fingerprint density at radius 1 is 1.29 bits per heavy atom. The fourth-order valence-electron chi connectivity index (χ4n) is 1.02. The second kappa shape index (κ2) is 5.61. The summed E-state index contributed by atoms with van der Waals surface area (Å²) < 4.78 is 13.0. The van der Waals surface area contributed by atoms with Crippen molar-refractivity contribution in [3.05, 3.63) is 24.0 Å². The molecule has 84 valence electrons. The number of nitriles is 2. The zero-order valence-electron chi connectivity index (χ0n) is 8.42. The lowest BCUT2D eigenvalue weighted by atomic mass is 9.80. The summed E-state index contributed by atoms with van der Waals surface area (Å²) in [6, 6.07) is 6.21. The first kappa shape index (κ1) is 12.7. The summed E-state index contributed by atoms with van der Waals surface area (Å²) in [6.45, 7) is 0. The monoisotopic (exact) mass is 232 g/mol. The quantitative estimate of drug-likeness (QED) is 0.363. The van der Waals surface area contributed by atoms with Crippen molar-refractivity contribution >= 4 is 24.0 Å². The van der Waals surface area contributed by atoms with Gasteiger partial charge in [0.15, 0.2) is 0 Å². The summed E-state index contributed by atoms with van der Waals surface area (Å²) in [4.78, 5) is 0. The van der Waals surface area contributed by atoms with Crippen molar-refractivity contribution < 1.29 is 14.4 Å². The van der Waals surface area contributed by atoms with Crippen LogP contribution < -0.4 is 10.9 Å². The summed E-state index contributed by atoms with van der Waals surface area (Å²) in [5.41, 5.74) is 1.86. The van der Waals surface area contributed by atoms with Crippen molar-refractivity contribution in [3.8, 4) is 12.1 Å². The van der Waals surface area contributed by atoms with Gasteiger partial charge in [0, 0.05) is 0 Å². The molecule has 0 saturated heterocycles. The van der Waals surface area contributed by atoms with Crippen molar-refractivity contribution in [1.29, 1.82) is 10.5 Å². The summed E-state index contributed by atoms with van der Waals surface area (Å²) in [7, 11) is -1.82. The number of halogens is 1. The Morgan fingerprint density at radius 2 is 1.94 bits per heavy atom. The van der Waals surface area contributed by atoms with Crippen LogP contribution in [-0.2, 0) is 0 Å². The molecular formula is C9H6BFN4O2. The maximum Gasteiger partial charge on any atom is 0.488 e. The largest absolute Gasteiger partial charge is 0.488 e. The molecule has 0 bridgehead atoms. The molecule has 1 rings (SSSR count). The zero-order chi connectivity index (χ0) is 12.8. The van der Waals surface area contributed by atoms with E-state index in [0.717, 1.165) is 12.1 Å². The van der Waals surface area contributed by atoms with E-state index < -0.39 is 18.6 Å². The Balaban J connectivity index is 2.97. The highest BCUT2D eigenvalue weighted by atomic mass is 19.1. The molecule has 0 amide bonds. The molecule has 0 saturated carbocycles. The molecule has 6 nitrogen and oxygen atoms in total. The van der Waals surface area contributed by atoms with Crippen molar-refractivity contribution in [3.63, 3.8) is 0 Å². The van der Waals surface area contributed by atoms with Crippen LogP contribution in [0, 0.1) is 28.5 Å². The minimum absolute atomic E-state index is 0.0711. The van der Waals surface area contributed by atoms with E-state index in [9.17, 15) is 4.39 Å². The molecule has 0 aliphatic carbocycles. The van der Waals surface area contributed by atoms with Crippen LogP contribution in [0.25, 0.3) is 0 Å². The van der Waals surface area contributed by atoms with E-state index >= 15 is 0 Å². The van der Waals surface area contributed by atoms with Gasteiger partial charge in [-0.15, -0.1) is 0 Å². The van der Waals surface area contributed by atoms with Gasteiger partial charge in [-0.3, -0.25) is 5.43 Å². The summed E-state index contributed by atoms with van der Waals surface area (Å²) in [5.74, 6) is -0.705. The van der Waals surface area contributed by atoms with E-state index in [4.69, 9.17) is 20.6 Å². The Bertz CT molecular complexity index is 517. The Kier molecular flexibility index (Phi) is 4.18. The van der Waals surface area contributed by atoms with Crippen molar-refractivity contribution in [1.82, 2.24) is 0 Å². The number of hydrogen-bond donors (Lipinski definition) is 3. The lowest BCUT2D eigenvalue weighted by molar-refractivity contribution is 0.425. The molecule has 0 atom stereocenters. The van der Waals surface area contributed by atoms with E-state index in [2.05, 4.69) is 10.5 Å². The van der Waals surface area contributed by atoms with Crippen LogP contribution >= 0.6 is 0 Å². The highest BCUT2D eigenvalue weighted by Gasteiger charge is 2.13. The van der Waals surface area contributed by atoms with Crippen molar-refractivity contribution in [2.24, 2.45) is 5.10 Å². The number of benzene rings is 1. The van der Waals surface area contributed by atoms with Gasteiger partial charge in [0.25, 0.3) is 0 Å². The van der Waals surface area contributed by atoms with Crippen molar-refractivity contribution in [2.75, 3.05) is 5.43 Å². The zero-order valence-corrected chi connectivity index (χ0v) is 8.42. The SMILES string of the molecule is N#CC(C#N)=NNc1cc(F)cc(B(O)O)c1. The molecule has 0 aliphatic rings. The lowest BCUT2D eigenvalue weighted by Crippen LogP contribution is -2.30. The van der Waals surface area contributed by atoms with Gasteiger partial charge < -0.3 is 10.0 Å². The molecule has 0 radical (unpaired) electrons. The van der Waals surface area contributed by atoms with Gasteiger partial charge >= 0.3 is 7.12 Å². The van der Waals surface area contributed by atoms with Crippen molar-refractivity contribution in [2.45, 2.75) is 0 Å². The van der Waals surface area contributed by atoms with Crippen LogP contribution in [-0.4, -0.2) is 22.9 Å². The lowest BCUT2D eigenvalue weighted by Gasteiger charge is -2.04. The van der Waals surface area contributed by atoms with Gasteiger partial charge in [-0.25, -0.2) is 4.39 Å². The predicted molar refractivity (Wildman–Crippen MR) is 58.5 cm³/mol. The van der Waals surface area contributed by atoms with Crippen LogP contribution in [0.3, 0.4) is 0 Å². The first-order chi connectivity index (χ1) is 8.06. The fraction of sp³-hybridized carbons (Fsp3) is 0. The Labute approximate surface area is 96.4 Å². The Hall–Kier alpha value is -2.42.